The van der Waals surface area contributed by atoms with Crippen molar-refractivity contribution < 1.29 is 41.8 Å². The molecular weight excluding hydrogens is 409 g/mol. The van der Waals surface area contributed by atoms with Crippen molar-refractivity contribution in [2.24, 2.45) is 0 Å². The van der Waals surface area contributed by atoms with Gasteiger partial charge in [0.1, 0.15) is 17.6 Å². The highest BCUT2D eigenvalue weighted by molar-refractivity contribution is 5.89. The second-order valence-electron chi connectivity index (χ2n) is 6.52. The summed E-state index contributed by atoms with van der Waals surface area (Å²) in [5.41, 5.74) is 0. The Hall–Kier alpha value is -2.82. The van der Waals surface area contributed by atoms with Crippen molar-refractivity contribution in [1.82, 2.24) is 10.2 Å². The highest BCUT2D eigenvalue weighted by Gasteiger charge is 2.41. The third-order valence-corrected chi connectivity index (χ3v) is 4.42. The largest absolute Gasteiger partial charge is 0.494 e. The molecule has 2 atom stereocenters. The number of benzene rings is 1. The molecule has 0 unspecified atom stereocenters. The van der Waals surface area contributed by atoms with Gasteiger partial charge in [-0.1, -0.05) is 0 Å². The summed E-state index contributed by atoms with van der Waals surface area (Å²) in [5.74, 6) is -1.68. The Balaban J connectivity index is 1.73. The predicted octanol–water partition coefficient (Wildman–Crippen LogP) is 1.48. The summed E-state index contributed by atoms with van der Waals surface area (Å²) in [4.78, 5) is 37.2. The molecule has 1 aromatic rings. The van der Waals surface area contributed by atoms with E-state index in [2.05, 4.69) is 14.8 Å². The average molecular weight is 432 g/mol. The molecule has 0 bridgehead atoms. The standard InChI is InChI=1S/C19H23F3N2O6/c1-28-18(27)15-9-14(30-19(21)22)11-24(15)17(26)10-23-16(25)3-2-8-29-13-6-4-12(20)5-7-13/h4-7,14-15,19H,2-3,8-11H2,1H3,(H,23,25)/t14-,15+/m1/s1. The molecule has 2 amide bonds. The minimum Gasteiger partial charge on any atom is -0.494 e. The molecule has 0 aliphatic carbocycles. The maximum atomic E-state index is 12.8. The summed E-state index contributed by atoms with van der Waals surface area (Å²) in [6.07, 6.45) is -0.683. The lowest BCUT2D eigenvalue weighted by Crippen LogP contribution is -2.46. The van der Waals surface area contributed by atoms with Crippen molar-refractivity contribution in [2.75, 3.05) is 26.8 Å². The molecule has 1 fully saturated rings. The number of halogens is 3. The van der Waals surface area contributed by atoms with Crippen LogP contribution in [0.4, 0.5) is 13.2 Å². The highest BCUT2D eigenvalue weighted by atomic mass is 19.3. The van der Waals surface area contributed by atoms with Crippen molar-refractivity contribution in [3.8, 4) is 5.75 Å². The number of carbonyl (C=O) groups excluding carboxylic acids is 3. The van der Waals surface area contributed by atoms with E-state index >= 15 is 0 Å². The Morgan fingerprint density at radius 3 is 2.57 bits per heavy atom. The van der Waals surface area contributed by atoms with Crippen molar-refractivity contribution in [3.05, 3.63) is 30.1 Å². The topological polar surface area (TPSA) is 94.2 Å². The van der Waals surface area contributed by atoms with Gasteiger partial charge in [-0.15, -0.1) is 0 Å². The van der Waals surface area contributed by atoms with Crippen molar-refractivity contribution in [1.29, 1.82) is 0 Å². The summed E-state index contributed by atoms with van der Waals surface area (Å²) in [7, 11) is 1.13. The van der Waals surface area contributed by atoms with E-state index < -0.39 is 43.1 Å². The second kappa shape index (κ2) is 11.4. The Labute approximate surface area is 171 Å². The fourth-order valence-corrected chi connectivity index (χ4v) is 2.99. The zero-order valence-electron chi connectivity index (χ0n) is 16.3. The predicted molar refractivity (Wildman–Crippen MR) is 97.1 cm³/mol. The molecule has 0 saturated carbocycles. The molecule has 2 rings (SSSR count). The van der Waals surface area contributed by atoms with Crippen LogP contribution in [0.5, 0.6) is 5.75 Å². The van der Waals surface area contributed by atoms with Crippen LogP contribution < -0.4 is 10.1 Å². The number of carbonyl (C=O) groups is 3. The molecule has 30 heavy (non-hydrogen) atoms. The lowest BCUT2D eigenvalue weighted by molar-refractivity contribution is -0.160. The average Bonchev–Trinajstić information content (AvgIpc) is 3.13. The van der Waals surface area contributed by atoms with E-state index in [0.29, 0.717) is 12.2 Å². The first kappa shape index (κ1) is 23.5. The molecule has 0 aromatic heterocycles. The van der Waals surface area contributed by atoms with Gasteiger partial charge < -0.3 is 24.4 Å². The fraction of sp³-hybridized carbons (Fsp3) is 0.526. The number of nitrogens with zero attached hydrogens (tertiary/aromatic N) is 1. The zero-order chi connectivity index (χ0) is 22.1. The number of alkyl halides is 2. The van der Waals surface area contributed by atoms with Crippen molar-refractivity contribution in [3.63, 3.8) is 0 Å². The third kappa shape index (κ3) is 7.21. The number of likely N-dealkylation sites (tertiary alicyclic amines) is 1. The van der Waals surface area contributed by atoms with Crippen LogP contribution in [0.2, 0.25) is 0 Å². The van der Waals surface area contributed by atoms with E-state index in [1.165, 1.54) is 24.3 Å². The molecule has 8 nitrogen and oxygen atoms in total. The summed E-state index contributed by atoms with van der Waals surface area (Å²) in [6.45, 7) is -3.41. The van der Waals surface area contributed by atoms with E-state index in [0.717, 1.165) is 12.0 Å². The Bertz CT molecular complexity index is 731. The molecule has 166 valence electrons. The van der Waals surface area contributed by atoms with E-state index in [1.807, 2.05) is 0 Å². The summed E-state index contributed by atoms with van der Waals surface area (Å²) < 4.78 is 52.0. The molecule has 0 spiro atoms. The first-order valence-electron chi connectivity index (χ1n) is 9.26. The van der Waals surface area contributed by atoms with Crippen LogP contribution in [-0.2, 0) is 23.9 Å². The van der Waals surface area contributed by atoms with E-state index in [1.54, 1.807) is 0 Å². The van der Waals surface area contributed by atoms with Gasteiger partial charge in [-0.05, 0) is 30.7 Å². The number of hydrogen-bond acceptors (Lipinski definition) is 6. The van der Waals surface area contributed by atoms with Gasteiger partial charge in [0.05, 0.1) is 26.4 Å². The Kier molecular flexibility index (Phi) is 8.90. The Morgan fingerprint density at radius 1 is 1.23 bits per heavy atom. The van der Waals surface area contributed by atoms with Gasteiger partial charge in [0, 0.05) is 19.4 Å². The molecule has 1 aliphatic heterocycles. The van der Waals surface area contributed by atoms with Gasteiger partial charge in [-0.2, -0.15) is 8.78 Å². The van der Waals surface area contributed by atoms with Crippen LogP contribution in [0.1, 0.15) is 19.3 Å². The van der Waals surface area contributed by atoms with E-state index in [9.17, 15) is 27.6 Å². The zero-order valence-corrected chi connectivity index (χ0v) is 16.3. The quantitative estimate of drug-likeness (QED) is 0.445. The normalized spacial score (nSPS) is 18.4. The monoisotopic (exact) mass is 432 g/mol. The van der Waals surface area contributed by atoms with Gasteiger partial charge >= 0.3 is 12.6 Å². The Morgan fingerprint density at radius 2 is 1.93 bits per heavy atom. The third-order valence-electron chi connectivity index (χ3n) is 4.42. The minimum atomic E-state index is -3.03. The second-order valence-corrected chi connectivity index (χ2v) is 6.52. The summed E-state index contributed by atoms with van der Waals surface area (Å²) in [5, 5.41) is 2.42. The first-order valence-corrected chi connectivity index (χ1v) is 9.26. The lowest BCUT2D eigenvalue weighted by Gasteiger charge is -2.22. The van der Waals surface area contributed by atoms with Crippen LogP contribution in [0.3, 0.4) is 0 Å². The molecule has 1 heterocycles. The number of hydrogen-bond donors (Lipinski definition) is 1. The summed E-state index contributed by atoms with van der Waals surface area (Å²) >= 11 is 0. The molecule has 1 saturated heterocycles. The maximum Gasteiger partial charge on any atom is 0.345 e. The molecule has 1 aliphatic rings. The fourth-order valence-electron chi connectivity index (χ4n) is 2.99. The van der Waals surface area contributed by atoms with Crippen LogP contribution in [0.25, 0.3) is 0 Å². The van der Waals surface area contributed by atoms with Crippen molar-refractivity contribution >= 4 is 17.8 Å². The first-order chi connectivity index (χ1) is 14.3. The molecular formula is C19H23F3N2O6. The van der Waals surface area contributed by atoms with Gasteiger partial charge in [0.25, 0.3) is 0 Å². The van der Waals surface area contributed by atoms with Gasteiger partial charge in [-0.25, -0.2) is 9.18 Å². The molecule has 11 heteroatoms. The van der Waals surface area contributed by atoms with Crippen LogP contribution in [-0.4, -0.2) is 68.2 Å². The van der Waals surface area contributed by atoms with Gasteiger partial charge in [-0.3, -0.25) is 9.59 Å². The maximum absolute atomic E-state index is 12.8. The smallest absolute Gasteiger partial charge is 0.345 e. The number of methoxy groups -OCH3 is 1. The molecule has 0 radical (unpaired) electrons. The van der Waals surface area contributed by atoms with E-state index in [-0.39, 0.29) is 31.8 Å². The molecule has 1 N–H and O–H groups in total. The number of amides is 2. The van der Waals surface area contributed by atoms with E-state index in [4.69, 9.17) is 4.74 Å². The highest BCUT2D eigenvalue weighted by Crippen LogP contribution is 2.23. The number of rotatable bonds is 10. The van der Waals surface area contributed by atoms with Crippen LogP contribution >= 0.6 is 0 Å². The van der Waals surface area contributed by atoms with Crippen LogP contribution in [0, 0.1) is 5.82 Å². The van der Waals surface area contributed by atoms with Gasteiger partial charge in [0.2, 0.25) is 11.8 Å². The molecule has 1 aromatic carbocycles. The van der Waals surface area contributed by atoms with Crippen LogP contribution in [0.15, 0.2) is 24.3 Å². The van der Waals surface area contributed by atoms with Crippen molar-refractivity contribution in [2.45, 2.75) is 38.0 Å². The summed E-state index contributed by atoms with van der Waals surface area (Å²) in [6, 6.07) is 4.39. The number of nitrogens with one attached hydrogen (secondary N) is 1. The minimum absolute atomic E-state index is 0.0754. The SMILES string of the molecule is COC(=O)[C@@H]1C[C@@H](OC(F)F)CN1C(=O)CNC(=O)CCCOc1ccc(F)cc1. The van der Waals surface area contributed by atoms with Gasteiger partial charge in [0.15, 0.2) is 0 Å². The number of ether oxygens (including phenoxy) is 3. The lowest BCUT2D eigenvalue weighted by atomic mass is 10.2. The number of esters is 1.